The first-order valence-electron chi connectivity index (χ1n) is 6.58. The average Bonchev–Trinajstić information content (AvgIpc) is 2.57. The Hall–Kier alpha value is -3.59. The van der Waals surface area contributed by atoms with Crippen LogP contribution in [0.25, 0.3) is 0 Å². The van der Waals surface area contributed by atoms with E-state index in [-0.39, 0.29) is 18.1 Å². The van der Waals surface area contributed by atoms with Crippen LogP contribution >= 0.6 is 0 Å². The molecular weight excluding hydrogens is 298 g/mol. The summed E-state index contributed by atoms with van der Waals surface area (Å²) in [4.78, 5) is 22.1. The normalized spacial score (nSPS) is 16.7. The minimum absolute atomic E-state index is 0.138. The van der Waals surface area contributed by atoms with E-state index >= 15 is 0 Å². The van der Waals surface area contributed by atoms with Crippen molar-refractivity contribution < 1.29 is 4.79 Å². The predicted octanol–water partition coefficient (Wildman–Crippen LogP) is 1.76. The van der Waals surface area contributed by atoms with Gasteiger partial charge in [-0.2, -0.15) is 15.6 Å². The maximum absolute atomic E-state index is 11.5. The number of benzene rings is 1. The number of hydrogen-bond donors (Lipinski definition) is 1. The highest BCUT2D eigenvalue weighted by molar-refractivity contribution is 6.10. The van der Waals surface area contributed by atoms with Crippen LogP contribution < -0.4 is 5.43 Å². The van der Waals surface area contributed by atoms with E-state index in [4.69, 9.17) is 10.5 Å². The summed E-state index contributed by atoms with van der Waals surface area (Å²) in [7, 11) is 0. The number of carbonyl (C=O) groups is 1. The Morgan fingerprint density at radius 1 is 1.35 bits per heavy atom. The zero-order valence-electron chi connectivity index (χ0n) is 12.1. The molecular formula is C14H11N7O2. The summed E-state index contributed by atoms with van der Waals surface area (Å²) < 4.78 is 0. The van der Waals surface area contributed by atoms with E-state index in [9.17, 15) is 9.70 Å². The van der Waals surface area contributed by atoms with Crippen molar-refractivity contribution in [1.82, 2.24) is 5.12 Å². The van der Waals surface area contributed by atoms with E-state index in [0.29, 0.717) is 16.5 Å². The molecule has 0 bridgehead atoms. The van der Waals surface area contributed by atoms with E-state index in [0.717, 1.165) is 5.56 Å². The molecule has 114 valence electrons. The summed E-state index contributed by atoms with van der Waals surface area (Å²) in [5, 5.41) is 27.9. The number of rotatable bonds is 4. The quantitative estimate of drug-likeness (QED) is 0.513. The molecule has 0 spiro atoms. The van der Waals surface area contributed by atoms with Crippen LogP contribution in [0.1, 0.15) is 18.9 Å². The number of nitriles is 2. The van der Waals surface area contributed by atoms with Crippen LogP contribution in [0.15, 0.2) is 39.8 Å². The molecule has 1 N–H and O–H groups in total. The van der Waals surface area contributed by atoms with Gasteiger partial charge in [-0.3, -0.25) is 10.2 Å². The largest absolute Gasteiger partial charge is 0.277 e. The Labute approximate surface area is 131 Å². The summed E-state index contributed by atoms with van der Waals surface area (Å²) >= 11 is 0. The first-order valence-corrected chi connectivity index (χ1v) is 6.58. The van der Waals surface area contributed by atoms with Gasteiger partial charge in [0.2, 0.25) is 5.71 Å². The number of hydrogen-bond acceptors (Lipinski definition) is 8. The summed E-state index contributed by atoms with van der Waals surface area (Å²) in [6.45, 7) is 1.83. The van der Waals surface area contributed by atoms with Gasteiger partial charge in [0.25, 0.3) is 5.91 Å². The number of nitrogens with one attached hydrogen (secondary N) is 1. The zero-order chi connectivity index (χ0) is 16.8. The fraction of sp³-hybridized carbons (Fsp3) is 0.214. The second-order valence-corrected chi connectivity index (χ2v) is 4.73. The highest BCUT2D eigenvalue weighted by Crippen LogP contribution is 2.22. The average molecular weight is 309 g/mol. The van der Waals surface area contributed by atoms with Gasteiger partial charge in [0, 0.05) is 12.3 Å². The fourth-order valence-corrected chi connectivity index (χ4v) is 2.01. The molecule has 1 amide bonds. The van der Waals surface area contributed by atoms with E-state index in [1.54, 1.807) is 36.4 Å². The van der Waals surface area contributed by atoms with E-state index in [2.05, 4.69) is 20.9 Å². The third-order valence-electron chi connectivity index (χ3n) is 3.14. The van der Waals surface area contributed by atoms with Crippen molar-refractivity contribution in [2.45, 2.75) is 13.3 Å². The number of hydrazone groups is 2. The second-order valence-electron chi connectivity index (χ2n) is 4.73. The summed E-state index contributed by atoms with van der Waals surface area (Å²) in [6.07, 6.45) is 0.155. The number of nitrogens with zero attached hydrogens (tertiary/aromatic N) is 6. The van der Waals surface area contributed by atoms with Gasteiger partial charge in [-0.05, 0) is 17.7 Å². The SMILES string of the molecule is CC1CC(=O)N(N=O)N=C1c1ccc(NN=C(C#N)C#N)cc1. The van der Waals surface area contributed by atoms with Crippen LogP contribution in [0.5, 0.6) is 0 Å². The van der Waals surface area contributed by atoms with Gasteiger partial charge < -0.3 is 0 Å². The van der Waals surface area contributed by atoms with Crippen LogP contribution in [0.2, 0.25) is 0 Å². The van der Waals surface area contributed by atoms with Crippen LogP contribution in [-0.4, -0.2) is 22.4 Å². The lowest BCUT2D eigenvalue weighted by Gasteiger charge is -2.22. The molecule has 9 nitrogen and oxygen atoms in total. The molecule has 23 heavy (non-hydrogen) atoms. The lowest BCUT2D eigenvalue weighted by molar-refractivity contribution is -0.132. The molecule has 1 aromatic carbocycles. The molecule has 9 heteroatoms. The minimum Gasteiger partial charge on any atom is -0.277 e. The molecule has 1 aromatic rings. The van der Waals surface area contributed by atoms with Gasteiger partial charge in [0.05, 0.1) is 16.7 Å². The number of amides is 1. The first-order chi connectivity index (χ1) is 11.1. The highest BCUT2D eigenvalue weighted by atomic mass is 16.3. The van der Waals surface area contributed by atoms with Gasteiger partial charge in [-0.25, -0.2) is 0 Å². The fourth-order valence-electron chi connectivity index (χ4n) is 2.01. The van der Waals surface area contributed by atoms with Gasteiger partial charge >= 0.3 is 0 Å². The van der Waals surface area contributed by atoms with E-state index in [1.807, 2.05) is 6.92 Å². The predicted molar refractivity (Wildman–Crippen MR) is 81.7 cm³/mol. The van der Waals surface area contributed by atoms with Crippen LogP contribution in [0.4, 0.5) is 5.69 Å². The number of carbonyl (C=O) groups excluding carboxylic acids is 1. The standard InChI is InChI=1S/C14H11N7O2/c1-9-6-13(22)21(20-23)19-14(9)10-2-4-11(5-3-10)17-18-12(7-15)8-16/h2-5,9,17H,6H2,1H3. The molecule has 1 unspecified atom stereocenters. The zero-order valence-corrected chi connectivity index (χ0v) is 12.1. The molecule has 0 radical (unpaired) electrons. The van der Waals surface area contributed by atoms with Crippen molar-refractivity contribution in [3.63, 3.8) is 0 Å². The Balaban J connectivity index is 2.21. The van der Waals surface area contributed by atoms with Crippen molar-refractivity contribution in [1.29, 1.82) is 10.5 Å². The van der Waals surface area contributed by atoms with Gasteiger partial charge in [0.15, 0.2) is 0 Å². The maximum atomic E-state index is 11.5. The Morgan fingerprint density at radius 3 is 2.57 bits per heavy atom. The Kier molecular flexibility index (Phi) is 4.75. The Bertz CT molecular complexity index is 752. The lowest BCUT2D eigenvalue weighted by Crippen LogP contribution is -2.32. The lowest BCUT2D eigenvalue weighted by atomic mass is 9.94. The van der Waals surface area contributed by atoms with Crippen molar-refractivity contribution in [3.05, 3.63) is 34.7 Å². The smallest absolute Gasteiger partial charge is 0.268 e. The molecule has 0 fully saturated rings. The monoisotopic (exact) mass is 309 g/mol. The molecule has 0 aliphatic carbocycles. The molecule has 0 aromatic heterocycles. The third-order valence-corrected chi connectivity index (χ3v) is 3.14. The minimum atomic E-state index is -0.440. The molecule has 1 aliphatic heterocycles. The van der Waals surface area contributed by atoms with Crippen LogP contribution in [-0.2, 0) is 4.79 Å². The summed E-state index contributed by atoms with van der Waals surface area (Å²) in [5.74, 6) is -0.578. The topological polar surface area (TPSA) is 134 Å². The van der Waals surface area contributed by atoms with Gasteiger partial charge in [0.1, 0.15) is 12.1 Å². The molecule has 2 rings (SSSR count). The van der Waals surface area contributed by atoms with Crippen molar-refractivity contribution in [2.24, 2.45) is 21.4 Å². The van der Waals surface area contributed by atoms with Crippen molar-refractivity contribution in [2.75, 3.05) is 5.43 Å². The summed E-state index contributed by atoms with van der Waals surface area (Å²) in [6, 6.07) is 10.1. The Morgan fingerprint density at radius 2 is 2.00 bits per heavy atom. The second kappa shape index (κ2) is 6.91. The van der Waals surface area contributed by atoms with Gasteiger partial charge in [-0.1, -0.05) is 24.2 Å². The first kappa shape index (κ1) is 15.8. The van der Waals surface area contributed by atoms with Crippen LogP contribution in [0.3, 0.4) is 0 Å². The maximum Gasteiger partial charge on any atom is 0.268 e. The summed E-state index contributed by atoms with van der Waals surface area (Å²) in [5.41, 5.74) is 4.18. The van der Waals surface area contributed by atoms with Crippen molar-refractivity contribution >= 4 is 23.0 Å². The van der Waals surface area contributed by atoms with E-state index in [1.165, 1.54) is 0 Å². The van der Waals surface area contributed by atoms with E-state index < -0.39 is 5.91 Å². The highest BCUT2D eigenvalue weighted by Gasteiger charge is 2.28. The number of anilines is 1. The molecule has 1 heterocycles. The molecule has 0 saturated carbocycles. The molecule has 1 atom stereocenters. The van der Waals surface area contributed by atoms with Crippen molar-refractivity contribution in [3.8, 4) is 12.1 Å². The van der Waals surface area contributed by atoms with Gasteiger partial charge in [-0.15, -0.1) is 10.0 Å². The third kappa shape index (κ3) is 3.54. The number of nitroso groups, excluding NO2 is 1. The van der Waals surface area contributed by atoms with Crippen LogP contribution in [0, 0.1) is 33.5 Å². The molecule has 0 saturated heterocycles. The molecule has 1 aliphatic rings.